The lowest BCUT2D eigenvalue weighted by Crippen LogP contribution is -2.35. The van der Waals surface area contributed by atoms with Gasteiger partial charge in [0.2, 0.25) is 0 Å². The lowest BCUT2D eigenvalue weighted by molar-refractivity contribution is 0.293. The van der Waals surface area contributed by atoms with Crippen LogP contribution in [0.1, 0.15) is 29.5 Å². The first-order valence-electron chi connectivity index (χ1n) is 6.60. The minimum Gasteiger partial charge on any atom is -0.313 e. The summed E-state index contributed by atoms with van der Waals surface area (Å²) in [4.78, 5) is 2.36. The van der Waals surface area contributed by atoms with Crippen LogP contribution in [0.25, 0.3) is 0 Å². The third-order valence-corrected chi connectivity index (χ3v) is 3.61. The van der Waals surface area contributed by atoms with Crippen molar-refractivity contribution >= 4 is 0 Å². The fourth-order valence-corrected chi connectivity index (χ4v) is 2.59. The Labute approximate surface area is 109 Å². The van der Waals surface area contributed by atoms with Gasteiger partial charge >= 0.3 is 0 Å². The van der Waals surface area contributed by atoms with Gasteiger partial charge in [0.25, 0.3) is 0 Å². The summed E-state index contributed by atoms with van der Waals surface area (Å²) < 4.78 is 0. The van der Waals surface area contributed by atoms with E-state index in [0.29, 0.717) is 6.04 Å². The average Bonchev–Trinajstić information content (AvgIpc) is 2.84. The molecule has 96 valence electrons. The smallest absolute Gasteiger partial charge is 0.0991 e. The Hall–Kier alpha value is -1.37. The molecular formula is C15H21N3. The van der Waals surface area contributed by atoms with Gasteiger partial charge in [-0.2, -0.15) is 5.26 Å². The molecule has 18 heavy (non-hydrogen) atoms. The fourth-order valence-electron chi connectivity index (χ4n) is 2.59. The van der Waals surface area contributed by atoms with Crippen molar-refractivity contribution in [3.8, 4) is 6.07 Å². The summed E-state index contributed by atoms with van der Waals surface area (Å²) in [7, 11) is 2.16. The molecule has 0 saturated carbocycles. The quantitative estimate of drug-likeness (QED) is 0.879. The summed E-state index contributed by atoms with van der Waals surface area (Å²) in [6.45, 7) is 5.29. The number of nitrogens with zero attached hydrogens (tertiary/aromatic N) is 2. The van der Waals surface area contributed by atoms with Crippen LogP contribution in [-0.4, -0.2) is 31.1 Å². The highest BCUT2D eigenvalue weighted by Crippen LogP contribution is 2.14. The van der Waals surface area contributed by atoms with E-state index in [1.807, 2.05) is 12.1 Å². The summed E-state index contributed by atoms with van der Waals surface area (Å²) >= 11 is 0. The molecule has 1 heterocycles. The molecule has 0 bridgehead atoms. The molecule has 1 saturated heterocycles. The van der Waals surface area contributed by atoms with Gasteiger partial charge in [0.15, 0.2) is 0 Å². The van der Waals surface area contributed by atoms with Gasteiger partial charge in [0, 0.05) is 19.1 Å². The maximum absolute atomic E-state index is 8.86. The molecule has 0 aromatic heterocycles. The first-order chi connectivity index (χ1) is 8.69. The van der Waals surface area contributed by atoms with E-state index in [9.17, 15) is 0 Å². The van der Waals surface area contributed by atoms with E-state index in [2.05, 4.69) is 36.3 Å². The summed E-state index contributed by atoms with van der Waals surface area (Å²) in [6.07, 6.45) is 2.59. The van der Waals surface area contributed by atoms with Gasteiger partial charge in [-0.15, -0.1) is 0 Å². The molecule has 0 aliphatic carbocycles. The van der Waals surface area contributed by atoms with E-state index >= 15 is 0 Å². The Bertz CT molecular complexity index is 442. The Morgan fingerprint density at radius 1 is 1.50 bits per heavy atom. The van der Waals surface area contributed by atoms with Gasteiger partial charge in [-0.25, -0.2) is 0 Å². The average molecular weight is 243 g/mol. The third-order valence-electron chi connectivity index (χ3n) is 3.61. The first kappa shape index (κ1) is 13.1. The third kappa shape index (κ3) is 3.32. The maximum Gasteiger partial charge on any atom is 0.0991 e. The molecule has 1 aliphatic rings. The van der Waals surface area contributed by atoms with Crippen LogP contribution in [0.3, 0.4) is 0 Å². The second kappa shape index (κ2) is 5.99. The highest BCUT2D eigenvalue weighted by molar-refractivity contribution is 5.37. The summed E-state index contributed by atoms with van der Waals surface area (Å²) in [5, 5.41) is 12.4. The van der Waals surface area contributed by atoms with Crippen molar-refractivity contribution in [3.63, 3.8) is 0 Å². The lowest BCUT2D eigenvalue weighted by Gasteiger charge is -2.22. The van der Waals surface area contributed by atoms with Crippen molar-refractivity contribution in [2.45, 2.75) is 32.4 Å². The molecule has 1 unspecified atom stereocenters. The van der Waals surface area contributed by atoms with Crippen LogP contribution in [0.15, 0.2) is 18.2 Å². The maximum atomic E-state index is 8.86. The number of benzene rings is 1. The standard InChI is InChI=1S/C15H21N3/c1-12-8-13(9-16)5-6-14(12)10-18(2)11-15-4-3-7-17-15/h5-6,8,15,17H,3-4,7,10-11H2,1-2H3. The zero-order chi connectivity index (χ0) is 13.0. The molecular weight excluding hydrogens is 222 g/mol. The van der Waals surface area contributed by atoms with E-state index in [1.165, 1.54) is 24.0 Å². The minimum atomic E-state index is 0.647. The van der Waals surface area contributed by atoms with Crippen LogP contribution in [-0.2, 0) is 6.54 Å². The van der Waals surface area contributed by atoms with Gasteiger partial charge in [-0.3, -0.25) is 0 Å². The molecule has 3 heteroatoms. The molecule has 1 atom stereocenters. The highest BCUT2D eigenvalue weighted by atomic mass is 15.1. The van der Waals surface area contributed by atoms with Crippen LogP contribution >= 0.6 is 0 Å². The number of likely N-dealkylation sites (N-methyl/N-ethyl adjacent to an activating group) is 1. The van der Waals surface area contributed by atoms with Crippen molar-refractivity contribution < 1.29 is 0 Å². The molecule has 0 spiro atoms. The SMILES string of the molecule is Cc1cc(C#N)ccc1CN(C)CC1CCCN1. The van der Waals surface area contributed by atoms with Crippen LogP contribution < -0.4 is 5.32 Å². The molecule has 1 aromatic rings. The molecule has 1 N–H and O–H groups in total. The molecule has 0 radical (unpaired) electrons. The largest absolute Gasteiger partial charge is 0.313 e. The Kier molecular flexibility index (Phi) is 4.35. The minimum absolute atomic E-state index is 0.647. The summed E-state index contributed by atoms with van der Waals surface area (Å²) in [6, 6.07) is 8.78. The Balaban J connectivity index is 1.94. The molecule has 2 rings (SSSR count). The van der Waals surface area contributed by atoms with E-state index in [-0.39, 0.29) is 0 Å². The summed E-state index contributed by atoms with van der Waals surface area (Å²) in [5.41, 5.74) is 3.27. The fraction of sp³-hybridized carbons (Fsp3) is 0.533. The number of nitrogens with one attached hydrogen (secondary N) is 1. The van der Waals surface area contributed by atoms with Crippen LogP contribution in [0.5, 0.6) is 0 Å². The van der Waals surface area contributed by atoms with E-state index in [4.69, 9.17) is 5.26 Å². The predicted molar refractivity (Wildman–Crippen MR) is 73.3 cm³/mol. The predicted octanol–water partition coefficient (Wildman–Crippen LogP) is 2.05. The van der Waals surface area contributed by atoms with Crippen molar-refractivity contribution in [2.24, 2.45) is 0 Å². The number of hydrogen-bond donors (Lipinski definition) is 1. The topological polar surface area (TPSA) is 39.1 Å². The van der Waals surface area contributed by atoms with Crippen molar-refractivity contribution in [1.29, 1.82) is 5.26 Å². The number of aryl methyl sites for hydroxylation is 1. The number of rotatable bonds is 4. The monoisotopic (exact) mass is 243 g/mol. The molecule has 1 fully saturated rings. The van der Waals surface area contributed by atoms with Gasteiger partial charge in [-0.05, 0) is 56.6 Å². The van der Waals surface area contributed by atoms with Crippen LogP contribution in [0.4, 0.5) is 0 Å². The lowest BCUT2D eigenvalue weighted by atomic mass is 10.1. The summed E-state index contributed by atoms with van der Waals surface area (Å²) in [5.74, 6) is 0. The van der Waals surface area contributed by atoms with Gasteiger partial charge < -0.3 is 10.2 Å². The zero-order valence-electron chi connectivity index (χ0n) is 11.2. The number of nitriles is 1. The first-order valence-corrected chi connectivity index (χ1v) is 6.60. The molecule has 1 aliphatic heterocycles. The molecule has 3 nitrogen and oxygen atoms in total. The highest BCUT2D eigenvalue weighted by Gasteiger charge is 2.16. The van der Waals surface area contributed by atoms with Gasteiger partial charge in [-0.1, -0.05) is 6.07 Å². The second-order valence-electron chi connectivity index (χ2n) is 5.24. The zero-order valence-corrected chi connectivity index (χ0v) is 11.2. The van der Waals surface area contributed by atoms with Crippen molar-refractivity contribution in [3.05, 3.63) is 34.9 Å². The van der Waals surface area contributed by atoms with Gasteiger partial charge in [0.05, 0.1) is 11.6 Å². The Morgan fingerprint density at radius 3 is 2.94 bits per heavy atom. The molecule has 1 aromatic carbocycles. The number of hydrogen-bond acceptors (Lipinski definition) is 3. The van der Waals surface area contributed by atoms with Crippen molar-refractivity contribution in [1.82, 2.24) is 10.2 Å². The van der Waals surface area contributed by atoms with E-state index in [0.717, 1.165) is 25.2 Å². The van der Waals surface area contributed by atoms with Crippen molar-refractivity contribution in [2.75, 3.05) is 20.1 Å². The van der Waals surface area contributed by atoms with E-state index < -0.39 is 0 Å². The van der Waals surface area contributed by atoms with E-state index in [1.54, 1.807) is 0 Å². The van der Waals surface area contributed by atoms with Crippen LogP contribution in [0.2, 0.25) is 0 Å². The Morgan fingerprint density at radius 2 is 2.33 bits per heavy atom. The molecule has 0 amide bonds. The second-order valence-corrected chi connectivity index (χ2v) is 5.24. The van der Waals surface area contributed by atoms with Crippen LogP contribution in [0, 0.1) is 18.3 Å². The van der Waals surface area contributed by atoms with Gasteiger partial charge in [0.1, 0.15) is 0 Å². The normalized spacial score (nSPS) is 19.1.